The Bertz CT molecular complexity index is 98.6. The van der Waals surface area contributed by atoms with Crippen LogP contribution in [0.5, 0.6) is 0 Å². The van der Waals surface area contributed by atoms with Gasteiger partial charge in [0.2, 0.25) is 0 Å². The van der Waals surface area contributed by atoms with E-state index in [9.17, 15) is 4.79 Å². The Morgan fingerprint density at radius 2 is 2.50 bits per heavy atom. The zero-order valence-corrected chi connectivity index (χ0v) is 4.68. The van der Waals surface area contributed by atoms with Crippen LogP contribution >= 0.6 is 0 Å². The molecule has 0 saturated carbocycles. The van der Waals surface area contributed by atoms with E-state index in [0.29, 0.717) is 6.61 Å². The molecule has 0 bridgehead atoms. The van der Waals surface area contributed by atoms with Gasteiger partial charge in [0.1, 0.15) is 0 Å². The zero-order valence-electron chi connectivity index (χ0n) is 4.68. The van der Waals surface area contributed by atoms with Crippen molar-refractivity contribution in [1.82, 2.24) is 5.73 Å². The van der Waals surface area contributed by atoms with Crippen LogP contribution in [0.2, 0.25) is 0 Å². The highest BCUT2D eigenvalue weighted by molar-refractivity contribution is 5.84. The van der Waals surface area contributed by atoms with Crippen molar-refractivity contribution in [3.8, 4) is 0 Å². The van der Waals surface area contributed by atoms with Crippen molar-refractivity contribution in [2.75, 3.05) is 6.61 Å². The second kappa shape index (κ2) is 4.18. The lowest BCUT2D eigenvalue weighted by Crippen LogP contribution is -1.90. The van der Waals surface area contributed by atoms with Gasteiger partial charge in [0.25, 0.3) is 5.91 Å². The van der Waals surface area contributed by atoms with E-state index in [2.05, 4.69) is 4.74 Å². The van der Waals surface area contributed by atoms with Gasteiger partial charge >= 0.3 is 0 Å². The third-order valence-electron chi connectivity index (χ3n) is 0.482. The summed E-state index contributed by atoms with van der Waals surface area (Å²) in [6.07, 6.45) is 2.28. The first-order valence-electron chi connectivity index (χ1n) is 2.31. The molecule has 1 N–H and O–H groups in total. The Labute approximate surface area is 48.1 Å². The molecule has 3 nitrogen and oxygen atoms in total. The number of amides is 1. The Balaban J connectivity index is 3.20. The van der Waals surface area contributed by atoms with E-state index in [-0.39, 0.29) is 0 Å². The van der Waals surface area contributed by atoms with Crippen LogP contribution in [0, 0.1) is 0 Å². The van der Waals surface area contributed by atoms with Gasteiger partial charge in [0, 0.05) is 6.08 Å². The summed E-state index contributed by atoms with van der Waals surface area (Å²) in [5.41, 5.74) is 6.35. The van der Waals surface area contributed by atoms with E-state index in [0.717, 1.165) is 6.08 Å². The summed E-state index contributed by atoms with van der Waals surface area (Å²) in [5.74, 6) is -0.738. The monoisotopic (exact) mass is 114 g/mol. The molecule has 0 aliphatic carbocycles. The number of carbonyl (C=O) groups excluding carboxylic acids is 1. The lowest BCUT2D eigenvalue weighted by molar-refractivity contribution is -0.114. The molecule has 0 aromatic heterocycles. The summed E-state index contributed by atoms with van der Waals surface area (Å²) in [6, 6.07) is 0. The van der Waals surface area contributed by atoms with E-state index in [4.69, 9.17) is 5.73 Å². The van der Waals surface area contributed by atoms with Crippen molar-refractivity contribution in [2.24, 2.45) is 0 Å². The van der Waals surface area contributed by atoms with Crippen molar-refractivity contribution in [3.05, 3.63) is 12.3 Å². The van der Waals surface area contributed by atoms with Crippen LogP contribution in [0.4, 0.5) is 0 Å². The average molecular weight is 114 g/mol. The summed E-state index contributed by atoms with van der Waals surface area (Å²) in [6.45, 7) is 2.34. The summed E-state index contributed by atoms with van der Waals surface area (Å²) < 4.78 is 4.62. The number of hydrogen-bond acceptors (Lipinski definition) is 2. The molecule has 0 aromatic rings. The molecule has 0 saturated heterocycles. The molecule has 0 spiro atoms. The minimum Gasteiger partial charge on any atom is -0.501 e. The van der Waals surface area contributed by atoms with Crippen LogP contribution in [0.25, 0.3) is 0 Å². The van der Waals surface area contributed by atoms with Crippen LogP contribution in [0.3, 0.4) is 0 Å². The highest BCUT2D eigenvalue weighted by Crippen LogP contribution is 1.74. The molecule has 3 heteroatoms. The van der Waals surface area contributed by atoms with Crippen molar-refractivity contribution in [3.63, 3.8) is 0 Å². The molecule has 0 rings (SSSR count). The molecular weight excluding hydrogens is 106 g/mol. The number of carbonyl (C=O) groups is 1. The van der Waals surface area contributed by atoms with Gasteiger partial charge in [-0.15, -0.1) is 0 Å². The normalized spacial score (nSPS) is 9.62. The van der Waals surface area contributed by atoms with Crippen molar-refractivity contribution in [1.29, 1.82) is 0 Å². The fourth-order valence-electron chi connectivity index (χ4n) is 0.206. The second-order valence-corrected chi connectivity index (χ2v) is 1.12. The van der Waals surface area contributed by atoms with Crippen molar-refractivity contribution < 1.29 is 9.53 Å². The Morgan fingerprint density at radius 1 is 1.88 bits per heavy atom. The number of ether oxygens (including phenoxy) is 1. The smallest absolute Gasteiger partial charge is 0.265 e. The standard InChI is InChI=1S/C5H8NO2/c1-2-8-4-3-5(6)7/h3-4,6H,2H2,1H3/b4-3+. The first-order chi connectivity index (χ1) is 3.77. The molecule has 8 heavy (non-hydrogen) atoms. The van der Waals surface area contributed by atoms with E-state index in [1.807, 2.05) is 0 Å². The summed E-state index contributed by atoms with van der Waals surface area (Å²) >= 11 is 0. The summed E-state index contributed by atoms with van der Waals surface area (Å²) in [4.78, 5) is 9.82. The number of hydrogen-bond donors (Lipinski definition) is 0. The minimum atomic E-state index is -0.738. The first kappa shape index (κ1) is 7.01. The molecule has 0 atom stereocenters. The van der Waals surface area contributed by atoms with Crippen LogP contribution in [0.1, 0.15) is 6.92 Å². The van der Waals surface area contributed by atoms with Crippen LogP contribution < -0.4 is 5.73 Å². The third kappa shape index (κ3) is 5.01. The van der Waals surface area contributed by atoms with E-state index in [1.54, 1.807) is 6.92 Å². The maximum absolute atomic E-state index is 9.82. The van der Waals surface area contributed by atoms with E-state index >= 15 is 0 Å². The predicted octanol–water partition coefficient (Wildman–Crippen LogP) is 0.346. The SMILES string of the molecule is CCO/C=C/C([NH])=O. The van der Waals surface area contributed by atoms with Gasteiger partial charge in [-0.1, -0.05) is 0 Å². The Kier molecular flexibility index (Phi) is 3.66. The van der Waals surface area contributed by atoms with Crippen LogP contribution in [-0.4, -0.2) is 12.5 Å². The molecule has 0 fully saturated rings. The van der Waals surface area contributed by atoms with Gasteiger partial charge in [0.05, 0.1) is 12.9 Å². The molecule has 0 heterocycles. The van der Waals surface area contributed by atoms with Gasteiger partial charge in [-0.2, -0.15) is 0 Å². The Morgan fingerprint density at radius 3 is 2.88 bits per heavy atom. The van der Waals surface area contributed by atoms with E-state index < -0.39 is 5.91 Å². The van der Waals surface area contributed by atoms with Crippen molar-refractivity contribution >= 4 is 5.91 Å². The van der Waals surface area contributed by atoms with Gasteiger partial charge < -0.3 is 4.74 Å². The third-order valence-corrected chi connectivity index (χ3v) is 0.482. The maximum Gasteiger partial charge on any atom is 0.265 e. The van der Waals surface area contributed by atoms with Gasteiger partial charge in [-0.05, 0) is 6.92 Å². The summed E-state index contributed by atoms with van der Waals surface area (Å²) in [5, 5.41) is 0. The first-order valence-corrected chi connectivity index (χ1v) is 2.31. The zero-order chi connectivity index (χ0) is 6.41. The van der Waals surface area contributed by atoms with Crippen molar-refractivity contribution in [2.45, 2.75) is 6.92 Å². The Hall–Kier alpha value is -0.990. The molecule has 0 aromatic carbocycles. The number of nitrogens with one attached hydrogen (secondary N) is 1. The average Bonchev–Trinajstić information content (AvgIpc) is 1.66. The highest BCUT2D eigenvalue weighted by Gasteiger charge is 1.80. The quantitative estimate of drug-likeness (QED) is 0.392. The lowest BCUT2D eigenvalue weighted by Gasteiger charge is -1.87. The predicted molar refractivity (Wildman–Crippen MR) is 28.9 cm³/mol. The number of rotatable bonds is 3. The molecule has 0 aliphatic rings. The van der Waals surface area contributed by atoms with E-state index in [1.165, 1.54) is 6.26 Å². The van der Waals surface area contributed by atoms with Crippen LogP contribution in [0.15, 0.2) is 12.3 Å². The lowest BCUT2D eigenvalue weighted by atomic mass is 10.6. The fraction of sp³-hybridized carbons (Fsp3) is 0.400. The maximum atomic E-state index is 9.82. The largest absolute Gasteiger partial charge is 0.501 e. The van der Waals surface area contributed by atoms with Gasteiger partial charge in [-0.3, -0.25) is 10.5 Å². The topological polar surface area (TPSA) is 50.1 Å². The second-order valence-electron chi connectivity index (χ2n) is 1.12. The molecular formula is C5H8NO2. The highest BCUT2D eigenvalue weighted by atomic mass is 16.5. The molecule has 1 radical (unpaired) electrons. The fourth-order valence-corrected chi connectivity index (χ4v) is 0.206. The minimum absolute atomic E-state index is 0.532. The summed E-state index contributed by atoms with van der Waals surface area (Å²) in [7, 11) is 0. The molecule has 45 valence electrons. The molecule has 0 unspecified atom stereocenters. The molecule has 0 aliphatic heterocycles. The van der Waals surface area contributed by atoms with Crippen LogP contribution in [-0.2, 0) is 9.53 Å². The molecule has 1 amide bonds. The van der Waals surface area contributed by atoms with Gasteiger partial charge in [-0.25, -0.2) is 0 Å². The van der Waals surface area contributed by atoms with Gasteiger partial charge in [0.15, 0.2) is 0 Å².